The van der Waals surface area contributed by atoms with Gasteiger partial charge in [-0.25, -0.2) is 4.79 Å². The molecule has 1 N–H and O–H groups in total. The summed E-state index contributed by atoms with van der Waals surface area (Å²) in [5.41, 5.74) is 0.0589. The van der Waals surface area contributed by atoms with Crippen LogP contribution in [-0.2, 0) is 4.74 Å². The maximum absolute atomic E-state index is 10.8. The molecule has 4 nitrogen and oxygen atoms in total. The highest BCUT2D eigenvalue weighted by Crippen LogP contribution is 2.42. The summed E-state index contributed by atoms with van der Waals surface area (Å²) in [7, 11) is 0. The lowest BCUT2D eigenvalue weighted by Gasteiger charge is -2.42. The van der Waals surface area contributed by atoms with Crippen molar-refractivity contribution in [2.24, 2.45) is 0 Å². The highest BCUT2D eigenvalue weighted by Gasteiger charge is 2.39. The van der Waals surface area contributed by atoms with Crippen LogP contribution in [0.25, 0.3) is 0 Å². The number of hydrogen-bond donors (Lipinski definition) is 1. The van der Waals surface area contributed by atoms with Gasteiger partial charge in [-0.2, -0.15) is 11.8 Å². The normalized spacial score (nSPS) is 25.7. The van der Waals surface area contributed by atoms with Crippen molar-refractivity contribution in [3.05, 3.63) is 17.9 Å². The Morgan fingerprint density at radius 3 is 2.90 bits per heavy atom. The Bertz CT molecular complexity index is 474. The van der Waals surface area contributed by atoms with Crippen molar-refractivity contribution in [1.82, 2.24) is 0 Å². The predicted octanol–water partition coefficient (Wildman–Crippen LogP) is 3.51. The number of rotatable bonds is 3. The summed E-state index contributed by atoms with van der Waals surface area (Å²) >= 11 is 3.66. The number of carboxylic acids is 1. The molecule has 2 saturated heterocycles. The molecule has 0 aromatic carbocycles. The first kappa shape index (κ1) is 14.4. The second-order valence-electron chi connectivity index (χ2n) is 5.30. The summed E-state index contributed by atoms with van der Waals surface area (Å²) in [6.07, 6.45) is 4.31. The van der Waals surface area contributed by atoms with E-state index in [1.54, 1.807) is 17.8 Å². The quantitative estimate of drug-likeness (QED) is 0.921. The van der Waals surface area contributed by atoms with Gasteiger partial charge in [0.1, 0.15) is 0 Å². The molecule has 2 aliphatic rings. The minimum absolute atomic E-state index is 0.0170. The van der Waals surface area contributed by atoms with E-state index >= 15 is 0 Å². The molecule has 0 bridgehead atoms. The third kappa shape index (κ3) is 3.18. The molecule has 1 aromatic rings. The molecule has 0 radical (unpaired) electrons. The molecule has 3 rings (SSSR count). The monoisotopic (exact) mass is 314 g/mol. The second kappa shape index (κ2) is 6.03. The second-order valence-corrected chi connectivity index (χ2v) is 7.83. The van der Waals surface area contributed by atoms with Crippen LogP contribution in [0, 0.1) is 0 Å². The van der Waals surface area contributed by atoms with Crippen LogP contribution < -0.4 is 0 Å². The van der Waals surface area contributed by atoms with Crippen LogP contribution in [0.3, 0.4) is 0 Å². The summed E-state index contributed by atoms with van der Waals surface area (Å²) < 4.78 is 11.4. The third-order valence-corrected chi connectivity index (χ3v) is 6.10. The number of hydrogen-bond acceptors (Lipinski definition) is 5. The van der Waals surface area contributed by atoms with E-state index in [0.29, 0.717) is 10.3 Å². The van der Waals surface area contributed by atoms with Crippen LogP contribution in [0.15, 0.2) is 21.6 Å². The summed E-state index contributed by atoms with van der Waals surface area (Å²) in [5, 5.41) is 10.0. The Labute approximate surface area is 126 Å². The van der Waals surface area contributed by atoms with Gasteiger partial charge in [-0.3, -0.25) is 0 Å². The van der Waals surface area contributed by atoms with Gasteiger partial charge in [0, 0.05) is 11.9 Å². The zero-order chi connectivity index (χ0) is 14.0. The molecule has 20 heavy (non-hydrogen) atoms. The molecule has 1 unspecified atom stereocenters. The highest BCUT2D eigenvalue weighted by molar-refractivity contribution is 7.99. The van der Waals surface area contributed by atoms with Crippen molar-refractivity contribution in [2.75, 3.05) is 18.1 Å². The van der Waals surface area contributed by atoms with E-state index in [1.165, 1.54) is 17.6 Å². The smallest absolute Gasteiger partial charge is 0.371 e. The molecule has 6 heteroatoms. The van der Waals surface area contributed by atoms with Gasteiger partial charge >= 0.3 is 5.97 Å². The summed E-state index contributed by atoms with van der Waals surface area (Å²) in [4.78, 5) is 10.8. The van der Waals surface area contributed by atoms with Crippen molar-refractivity contribution in [3.8, 4) is 0 Å². The molecule has 0 aliphatic carbocycles. The van der Waals surface area contributed by atoms with Gasteiger partial charge in [-0.15, -0.1) is 0 Å². The Kier molecular flexibility index (Phi) is 4.33. The lowest BCUT2D eigenvalue weighted by atomic mass is 9.88. The molecule has 1 atom stereocenters. The molecule has 1 spiro atoms. The first-order chi connectivity index (χ1) is 9.67. The zero-order valence-electron chi connectivity index (χ0n) is 11.2. The van der Waals surface area contributed by atoms with E-state index in [-0.39, 0.29) is 11.4 Å². The van der Waals surface area contributed by atoms with E-state index < -0.39 is 5.97 Å². The minimum atomic E-state index is -1.01. The average Bonchev–Trinajstić information content (AvgIpc) is 2.88. The van der Waals surface area contributed by atoms with Crippen LogP contribution in [0.1, 0.15) is 36.2 Å². The van der Waals surface area contributed by atoms with Crippen molar-refractivity contribution < 1.29 is 19.1 Å². The van der Waals surface area contributed by atoms with Crippen molar-refractivity contribution in [1.29, 1.82) is 0 Å². The maximum Gasteiger partial charge on any atom is 0.371 e. The van der Waals surface area contributed by atoms with Crippen LogP contribution in [0.2, 0.25) is 0 Å². The predicted molar refractivity (Wildman–Crippen MR) is 79.8 cm³/mol. The standard InChI is InChI=1S/C14H18O4S2/c15-13(16)11-1-2-12(18-11)20-10-3-6-17-14(9-10)4-7-19-8-5-14/h1-2,10H,3-9H2,(H,15,16). The third-order valence-electron chi connectivity index (χ3n) is 3.93. The zero-order valence-corrected chi connectivity index (χ0v) is 12.8. The van der Waals surface area contributed by atoms with Gasteiger partial charge in [-0.05, 0) is 49.3 Å². The summed E-state index contributed by atoms with van der Waals surface area (Å²) in [6, 6.07) is 3.28. The molecular formula is C14H18O4S2. The van der Waals surface area contributed by atoms with Gasteiger partial charge in [0.2, 0.25) is 5.76 Å². The lowest BCUT2D eigenvalue weighted by molar-refractivity contribution is -0.0805. The minimum Gasteiger partial charge on any atom is -0.475 e. The number of carbonyl (C=O) groups is 1. The van der Waals surface area contributed by atoms with Gasteiger partial charge in [0.05, 0.1) is 5.60 Å². The molecule has 2 fully saturated rings. The maximum atomic E-state index is 10.8. The van der Waals surface area contributed by atoms with Crippen LogP contribution >= 0.6 is 23.5 Å². The average molecular weight is 314 g/mol. The first-order valence-electron chi connectivity index (χ1n) is 6.88. The fraction of sp³-hybridized carbons (Fsp3) is 0.643. The topological polar surface area (TPSA) is 59.7 Å². The Hall–Kier alpha value is -0.590. The van der Waals surface area contributed by atoms with E-state index in [0.717, 1.165) is 32.3 Å². The van der Waals surface area contributed by atoms with E-state index in [9.17, 15) is 4.79 Å². The molecule has 3 heterocycles. The van der Waals surface area contributed by atoms with Gasteiger partial charge in [-0.1, -0.05) is 11.8 Å². The number of thioether (sulfide) groups is 2. The van der Waals surface area contributed by atoms with Crippen LogP contribution in [0.5, 0.6) is 0 Å². The van der Waals surface area contributed by atoms with Gasteiger partial charge < -0.3 is 14.3 Å². The largest absolute Gasteiger partial charge is 0.475 e. The van der Waals surface area contributed by atoms with Crippen LogP contribution in [-0.4, -0.2) is 40.0 Å². The molecular weight excluding hydrogens is 296 g/mol. The Balaban J connectivity index is 1.63. The molecule has 110 valence electrons. The molecule has 0 amide bonds. The number of ether oxygens (including phenoxy) is 1. The van der Waals surface area contributed by atoms with Gasteiger partial charge in [0.15, 0.2) is 5.09 Å². The number of furan rings is 1. The fourth-order valence-electron chi connectivity index (χ4n) is 2.84. The van der Waals surface area contributed by atoms with Crippen molar-refractivity contribution in [2.45, 2.75) is 41.6 Å². The molecule has 1 aromatic heterocycles. The summed E-state index contributed by atoms with van der Waals surface area (Å²) in [6.45, 7) is 0.800. The molecule has 0 saturated carbocycles. The number of aromatic carboxylic acids is 1. The Morgan fingerprint density at radius 2 is 2.20 bits per heavy atom. The van der Waals surface area contributed by atoms with E-state index in [4.69, 9.17) is 14.3 Å². The Morgan fingerprint density at radius 1 is 1.40 bits per heavy atom. The van der Waals surface area contributed by atoms with Gasteiger partial charge in [0.25, 0.3) is 0 Å². The molecule has 2 aliphatic heterocycles. The van der Waals surface area contributed by atoms with Crippen molar-refractivity contribution in [3.63, 3.8) is 0 Å². The van der Waals surface area contributed by atoms with Crippen molar-refractivity contribution >= 4 is 29.5 Å². The fourth-order valence-corrected chi connectivity index (χ4v) is 5.29. The van der Waals surface area contributed by atoms with E-state index in [1.807, 2.05) is 11.8 Å². The SMILES string of the molecule is O=C(O)c1ccc(SC2CCOC3(CCSCC3)C2)o1. The summed E-state index contributed by atoms with van der Waals surface area (Å²) in [5.74, 6) is 1.37. The van der Waals surface area contributed by atoms with E-state index in [2.05, 4.69) is 0 Å². The lowest BCUT2D eigenvalue weighted by Crippen LogP contribution is -2.43. The van der Waals surface area contributed by atoms with Crippen LogP contribution in [0.4, 0.5) is 0 Å². The number of carboxylic acid groups (broad SMARTS) is 1. The highest BCUT2D eigenvalue weighted by atomic mass is 32.2. The first-order valence-corrected chi connectivity index (χ1v) is 8.92.